The third-order valence-electron chi connectivity index (χ3n) is 1.29. The van der Waals surface area contributed by atoms with Crippen LogP contribution in [0.4, 0.5) is 0 Å². The van der Waals surface area contributed by atoms with E-state index >= 15 is 0 Å². The minimum absolute atomic E-state index is 0.0775. The molecule has 0 aliphatic carbocycles. The van der Waals surface area contributed by atoms with Crippen molar-refractivity contribution in [2.24, 2.45) is 11.5 Å². The van der Waals surface area contributed by atoms with Crippen LogP contribution in [-0.2, 0) is 0 Å². The Kier molecular flexibility index (Phi) is 7.03. The molecule has 18 heavy (non-hydrogen) atoms. The van der Waals surface area contributed by atoms with Crippen LogP contribution in [0.5, 0.6) is 0 Å². The molecule has 0 atom stereocenters. The van der Waals surface area contributed by atoms with Crippen LogP contribution in [0, 0.1) is 0 Å². The molecule has 0 radical (unpaired) electrons. The molecule has 0 bridgehead atoms. The second-order valence-electron chi connectivity index (χ2n) is 2.61. The molecule has 1 aliphatic heterocycles. The van der Waals surface area contributed by atoms with Gasteiger partial charge in [0.2, 0.25) is 0 Å². The van der Waals surface area contributed by atoms with E-state index in [-0.39, 0.29) is 15.3 Å². The molecule has 98 valence electrons. The van der Waals surface area contributed by atoms with Crippen LogP contribution in [0.2, 0.25) is 0 Å². The summed E-state index contributed by atoms with van der Waals surface area (Å²) in [5.74, 6) is 0. The predicted molar refractivity (Wildman–Crippen MR) is 90.3 cm³/mol. The van der Waals surface area contributed by atoms with E-state index in [0.29, 0.717) is 0 Å². The van der Waals surface area contributed by atoms with Crippen LogP contribution in [0.15, 0.2) is 16.1 Å². The summed E-state index contributed by atoms with van der Waals surface area (Å²) in [7, 11) is 5.27. The number of nitrogens with zero attached hydrogens (tertiary/aromatic N) is 1. The predicted octanol–water partition coefficient (Wildman–Crippen LogP) is 1.11. The van der Waals surface area contributed by atoms with Crippen LogP contribution >= 0.6 is 68.1 Å². The Bertz CT molecular complexity index is 421. The Balaban J connectivity index is 0.000000182. The molecule has 2 heterocycles. The maximum Gasteiger partial charge on any atom is 0.178 e. The van der Waals surface area contributed by atoms with E-state index in [1.807, 2.05) is 6.20 Å². The number of thiocarbonyl (C=S) groups is 3. The molecule has 7 N–H and O–H groups in total. The van der Waals surface area contributed by atoms with Gasteiger partial charge in [0, 0.05) is 0 Å². The highest BCUT2D eigenvalue weighted by Crippen LogP contribution is 2.54. The number of nitrogens with two attached hydrogens (primary N) is 2. The summed E-state index contributed by atoms with van der Waals surface area (Å²) in [5.41, 5.74) is 10.2. The first kappa shape index (κ1) is 15.8. The number of hydrogen-bond donors (Lipinski definition) is 5. The summed E-state index contributed by atoms with van der Waals surface area (Å²) in [6, 6.07) is 0. The summed E-state index contributed by atoms with van der Waals surface area (Å²) in [6.45, 7) is 0. The zero-order chi connectivity index (χ0) is 13.5. The molecule has 12 heteroatoms. The van der Waals surface area contributed by atoms with Crippen molar-refractivity contribution in [3.63, 3.8) is 0 Å². The van der Waals surface area contributed by atoms with E-state index in [0.717, 1.165) is 0 Å². The van der Waals surface area contributed by atoms with E-state index < -0.39 is 0 Å². The molecule has 0 aromatic carbocycles. The van der Waals surface area contributed by atoms with E-state index in [1.54, 1.807) is 31.4 Å². The lowest BCUT2D eigenvalue weighted by Gasteiger charge is -2.05. The van der Waals surface area contributed by atoms with E-state index in [1.165, 1.54) is 9.92 Å². The standard InChI is InChI=1S/C3H6N4S3.C3H2N2S3/c4-1(8)6-3(10)7-2(5)9;1-2-3(5-4-1)7-8-6-2/h(H6,4,5,6,7,8,9,10);1H,(H,4,5). The van der Waals surface area contributed by atoms with Gasteiger partial charge in [0.1, 0.15) is 5.03 Å². The number of rotatable bonds is 0. The Morgan fingerprint density at radius 2 is 1.78 bits per heavy atom. The highest BCUT2D eigenvalue weighted by atomic mass is 33.5. The van der Waals surface area contributed by atoms with Crippen molar-refractivity contribution in [3.8, 4) is 0 Å². The Morgan fingerprint density at radius 1 is 1.17 bits per heavy atom. The lowest BCUT2D eigenvalue weighted by Crippen LogP contribution is -2.46. The number of fused-ring (bicyclic) bond motifs is 1. The van der Waals surface area contributed by atoms with Crippen molar-refractivity contribution < 1.29 is 0 Å². The average molecular weight is 357 g/mol. The van der Waals surface area contributed by atoms with Crippen molar-refractivity contribution in [1.82, 2.24) is 20.8 Å². The summed E-state index contributed by atoms with van der Waals surface area (Å²) >= 11 is 13.6. The first-order valence-corrected chi connectivity index (χ1v) is 8.91. The van der Waals surface area contributed by atoms with Gasteiger partial charge in [-0.05, 0) is 68.1 Å². The molecular weight excluding hydrogens is 349 g/mol. The smallest absolute Gasteiger partial charge is 0.178 e. The van der Waals surface area contributed by atoms with Crippen molar-refractivity contribution in [2.45, 2.75) is 9.92 Å². The van der Waals surface area contributed by atoms with Gasteiger partial charge in [-0.3, -0.25) is 5.10 Å². The normalized spacial score (nSPS) is 11.8. The van der Waals surface area contributed by atoms with Gasteiger partial charge in [-0.15, -0.1) is 0 Å². The highest BCUT2D eigenvalue weighted by molar-refractivity contribution is 9.10. The van der Waals surface area contributed by atoms with Crippen molar-refractivity contribution in [1.29, 1.82) is 0 Å². The summed E-state index contributed by atoms with van der Waals surface area (Å²) in [5, 5.41) is 13.2. The van der Waals surface area contributed by atoms with Crippen LogP contribution < -0.4 is 22.1 Å². The van der Waals surface area contributed by atoms with E-state index in [4.69, 9.17) is 11.5 Å². The Labute approximate surface area is 131 Å². The largest absolute Gasteiger partial charge is 0.376 e. The molecule has 1 aromatic heterocycles. The lowest BCUT2D eigenvalue weighted by molar-refractivity contribution is 0.996. The van der Waals surface area contributed by atoms with Crippen molar-refractivity contribution >= 4 is 83.4 Å². The molecule has 0 amide bonds. The molecule has 1 aromatic rings. The summed E-state index contributed by atoms with van der Waals surface area (Å²) in [4.78, 5) is 1.26. The second kappa shape index (κ2) is 8.01. The van der Waals surface area contributed by atoms with Gasteiger partial charge in [-0.2, -0.15) is 5.10 Å². The Morgan fingerprint density at radius 3 is 2.28 bits per heavy atom. The van der Waals surface area contributed by atoms with Crippen LogP contribution in [0.25, 0.3) is 0 Å². The van der Waals surface area contributed by atoms with Crippen LogP contribution in [0.3, 0.4) is 0 Å². The number of aromatic nitrogens is 2. The zero-order valence-corrected chi connectivity index (χ0v) is 13.5. The van der Waals surface area contributed by atoms with E-state index in [2.05, 4.69) is 57.5 Å². The topological polar surface area (TPSA) is 105 Å². The molecular formula is C6H8N6S6. The third kappa shape index (κ3) is 6.06. The van der Waals surface area contributed by atoms with Crippen LogP contribution in [0.1, 0.15) is 0 Å². The fourth-order valence-corrected chi connectivity index (χ4v) is 5.33. The minimum atomic E-state index is 0.0775. The number of aromatic amines is 1. The molecule has 0 unspecified atom stereocenters. The molecule has 0 saturated carbocycles. The van der Waals surface area contributed by atoms with Gasteiger partial charge in [0.15, 0.2) is 15.3 Å². The first-order valence-electron chi connectivity index (χ1n) is 4.20. The molecule has 1 aliphatic rings. The van der Waals surface area contributed by atoms with Gasteiger partial charge in [0.25, 0.3) is 0 Å². The summed E-state index contributed by atoms with van der Waals surface area (Å²) in [6.07, 6.45) is 1.85. The van der Waals surface area contributed by atoms with Crippen molar-refractivity contribution in [2.75, 3.05) is 0 Å². The van der Waals surface area contributed by atoms with Crippen molar-refractivity contribution in [3.05, 3.63) is 6.20 Å². The fraction of sp³-hybridized carbons (Fsp3) is 0. The quantitative estimate of drug-likeness (QED) is 0.341. The molecule has 0 fully saturated rings. The number of hydrogen-bond acceptors (Lipinski definition) is 7. The second-order valence-corrected chi connectivity index (χ2v) is 7.84. The molecule has 6 nitrogen and oxygen atoms in total. The molecule has 0 saturated heterocycles. The SMILES string of the molecule is NC(=S)NC(=S)NC(N)=S.c1n[nH]c2c1SSS2. The van der Waals surface area contributed by atoms with Crippen LogP contribution in [-0.4, -0.2) is 25.5 Å². The lowest BCUT2D eigenvalue weighted by atomic mass is 10.7. The first-order chi connectivity index (χ1) is 8.49. The third-order valence-corrected chi connectivity index (χ3v) is 5.60. The monoisotopic (exact) mass is 356 g/mol. The molecule has 0 spiro atoms. The maximum atomic E-state index is 5.08. The van der Waals surface area contributed by atoms with Gasteiger partial charge < -0.3 is 22.1 Å². The Hall–Kier alpha value is -0.270. The fourth-order valence-electron chi connectivity index (χ4n) is 0.725. The number of H-pyrrole nitrogens is 1. The van der Waals surface area contributed by atoms with E-state index in [9.17, 15) is 0 Å². The average Bonchev–Trinajstić information content (AvgIpc) is 2.75. The van der Waals surface area contributed by atoms with Gasteiger partial charge >= 0.3 is 0 Å². The zero-order valence-electron chi connectivity index (χ0n) is 8.63. The van der Waals surface area contributed by atoms with Gasteiger partial charge in [-0.1, -0.05) is 0 Å². The minimum Gasteiger partial charge on any atom is -0.376 e. The number of nitrogens with one attached hydrogen (secondary N) is 3. The maximum absolute atomic E-state index is 5.08. The van der Waals surface area contributed by atoms with Gasteiger partial charge in [-0.25, -0.2) is 0 Å². The summed E-state index contributed by atoms with van der Waals surface area (Å²) < 4.78 is 0. The highest BCUT2D eigenvalue weighted by Gasteiger charge is 2.13. The van der Waals surface area contributed by atoms with Gasteiger partial charge in [0.05, 0.1) is 11.1 Å². The molecule has 2 rings (SSSR count).